The van der Waals surface area contributed by atoms with Crippen molar-refractivity contribution in [3.8, 4) is 11.5 Å². The van der Waals surface area contributed by atoms with Gasteiger partial charge in [0.2, 0.25) is 0 Å². The number of hydrogen-bond donors (Lipinski definition) is 1. The van der Waals surface area contributed by atoms with Crippen molar-refractivity contribution in [1.82, 2.24) is 5.32 Å². The summed E-state index contributed by atoms with van der Waals surface area (Å²) < 4.78 is 11.5. The van der Waals surface area contributed by atoms with E-state index in [9.17, 15) is 14.9 Å². The summed E-state index contributed by atoms with van der Waals surface area (Å²) in [5.41, 5.74) is 1.60. The molecular weight excluding hydrogens is 388 g/mol. The van der Waals surface area contributed by atoms with Crippen molar-refractivity contribution in [3.63, 3.8) is 0 Å². The second-order valence-electron chi connectivity index (χ2n) is 5.47. The molecule has 0 saturated carbocycles. The lowest BCUT2D eigenvalue weighted by atomic mass is 10.2. The Bertz CT molecular complexity index is 941. The molecule has 0 unspecified atom stereocenters. The van der Waals surface area contributed by atoms with E-state index in [1.807, 2.05) is 0 Å². The molecule has 1 aliphatic heterocycles. The maximum atomic E-state index is 11.8. The minimum atomic E-state index is -0.448. The first kappa shape index (κ1) is 18.9. The normalized spacial score (nSPS) is 14.9. The Balaban J connectivity index is 1.73. The molecule has 2 aromatic carbocycles. The number of carbonyl (C=O) groups excluding carboxylic acids is 1. The summed E-state index contributed by atoms with van der Waals surface area (Å²) in [7, 11) is 1.52. The second kappa shape index (κ2) is 8.19. The van der Waals surface area contributed by atoms with Crippen molar-refractivity contribution < 1.29 is 19.2 Å². The number of methoxy groups -OCH3 is 1. The molecule has 9 heteroatoms. The van der Waals surface area contributed by atoms with E-state index < -0.39 is 4.92 Å². The molecule has 1 aliphatic rings. The third kappa shape index (κ3) is 4.63. The first-order valence-electron chi connectivity index (χ1n) is 7.75. The van der Waals surface area contributed by atoms with Gasteiger partial charge in [0.1, 0.15) is 10.9 Å². The Labute approximate surface area is 164 Å². The molecule has 1 amide bonds. The van der Waals surface area contributed by atoms with Gasteiger partial charge in [-0.25, -0.2) is 0 Å². The number of amides is 1. The summed E-state index contributed by atoms with van der Waals surface area (Å²) in [4.78, 5) is 22.5. The lowest BCUT2D eigenvalue weighted by Crippen LogP contribution is -2.17. The number of nitrogens with one attached hydrogen (secondary N) is 1. The standard InChI is InChI=1S/C18H14N2O5S2/c1-24-15-8-12(9-16-17(21)19-18(26)27-16)4-7-14(15)25-10-11-2-5-13(6-3-11)20(22)23/h2-9H,10H2,1H3,(H,19,21,26)/b16-9-. The average Bonchev–Trinajstić information content (AvgIpc) is 2.97. The van der Waals surface area contributed by atoms with Crippen molar-refractivity contribution in [2.75, 3.05) is 7.11 Å². The Hall–Kier alpha value is -2.91. The van der Waals surface area contributed by atoms with Crippen LogP contribution in [0, 0.1) is 10.1 Å². The van der Waals surface area contributed by atoms with E-state index >= 15 is 0 Å². The molecule has 1 fully saturated rings. The third-order valence-corrected chi connectivity index (χ3v) is 4.83. The summed E-state index contributed by atoms with van der Waals surface area (Å²) in [6.45, 7) is 0.237. The smallest absolute Gasteiger partial charge is 0.269 e. The number of benzene rings is 2. The minimum absolute atomic E-state index is 0.0296. The Morgan fingerprint density at radius 3 is 2.56 bits per heavy atom. The van der Waals surface area contributed by atoms with Crippen molar-refractivity contribution in [3.05, 3.63) is 68.6 Å². The first-order valence-corrected chi connectivity index (χ1v) is 8.98. The van der Waals surface area contributed by atoms with Crippen LogP contribution in [-0.4, -0.2) is 22.3 Å². The molecule has 0 spiro atoms. The fraction of sp³-hybridized carbons (Fsp3) is 0.111. The highest BCUT2D eigenvalue weighted by atomic mass is 32.2. The number of thioether (sulfide) groups is 1. The van der Waals surface area contributed by atoms with Crippen molar-refractivity contribution in [1.29, 1.82) is 0 Å². The largest absolute Gasteiger partial charge is 0.493 e. The van der Waals surface area contributed by atoms with Crippen LogP contribution >= 0.6 is 24.0 Å². The summed E-state index contributed by atoms with van der Waals surface area (Å²) >= 11 is 6.18. The molecular formula is C18H14N2O5S2. The summed E-state index contributed by atoms with van der Waals surface area (Å²) in [5.74, 6) is 0.816. The van der Waals surface area contributed by atoms with E-state index in [4.69, 9.17) is 21.7 Å². The van der Waals surface area contributed by atoms with Crippen LogP contribution in [0.15, 0.2) is 47.4 Å². The SMILES string of the molecule is COc1cc(/C=C2\SC(=S)NC2=O)ccc1OCc1ccc([N+](=O)[O-])cc1. The van der Waals surface area contributed by atoms with Gasteiger partial charge in [0.05, 0.1) is 16.9 Å². The van der Waals surface area contributed by atoms with Gasteiger partial charge >= 0.3 is 0 Å². The molecule has 1 heterocycles. The predicted octanol–water partition coefficient (Wildman–Crippen LogP) is 3.67. The number of ether oxygens (including phenoxy) is 2. The van der Waals surface area contributed by atoms with Gasteiger partial charge in [-0.1, -0.05) is 30.0 Å². The third-order valence-electron chi connectivity index (χ3n) is 3.67. The molecule has 1 N–H and O–H groups in total. The fourth-order valence-corrected chi connectivity index (χ4v) is 3.38. The number of nitro benzene ring substituents is 1. The molecule has 0 aromatic heterocycles. The summed E-state index contributed by atoms with van der Waals surface area (Å²) in [5, 5.41) is 13.3. The van der Waals surface area contributed by atoms with Gasteiger partial charge < -0.3 is 14.8 Å². The summed E-state index contributed by atoms with van der Waals surface area (Å²) in [6, 6.07) is 11.4. The summed E-state index contributed by atoms with van der Waals surface area (Å²) in [6.07, 6.45) is 1.72. The molecule has 0 radical (unpaired) electrons. The Morgan fingerprint density at radius 1 is 1.22 bits per heavy atom. The van der Waals surface area contributed by atoms with Crippen molar-refractivity contribution in [2.45, 2.75) is 6.61 Å². The van der Waals surface area contributed by atoms with Crippen LogP contribution in [0.25, 0.3) is 6.08 Å². The Kier molecular flexibility index (Phi) is 5.72. The van der Waals surface area contributed by atoms with Crippen LogP contribution in [0.3, 0.4) is 0 Å². The first-order chi connectivity index (χ1) is 13.0. The number of thiocarbonyl (C=S) groups is 1. The quantitative estimate of drug-likeness (QED) is 0.341. The van der Waals surface area contributed by atoms with Gasteiger partial charge in [-0.15, -0.1) is 0 Å². The zero-order chi connectivity index (χ0) is 19.4. The number of non-ortho nitro benzene ring substituents is 1. The maximum absolute atomic E-state index is 11.8. The monoisotopic (exact) mass is 402 g/mol. The molecule has 1 saturated heterocycles. The number of carbonyl (C=O) groups is 1. The molecule has 138 valence electrons. The van der Waals surface area contributed by atoms with Gasteiger partial charge in [-0.3, -0.25) is 14.9 Å². The Morgan fingerprint density at radius 2 is 1.96 bits per heavy atom. The lowest BCUT2D eigenvalue weighted by Gasteiger charge is -2.11. The highest BCUT2D eigenvalue weighted by molar-refractivity contribution is 8.26. The fourth-order valence-electron chi connectivity index (χ4n) is 2.34. The topological polar surface area (TPSA) is 90.7 Å². The van der Waals surface area contributed by atoms with Gasteiger partial charge in [0.25, 0.3) is 11.6 Å². The van der Waals surface area contributed by atoms with Crippen LogP contribution in [0.2, 0.25) is 0 Å². The van der Waals surface area contributed by atoms with E-state index in [-0.39, 0.29) is 18.2 Å². The zero-order valence-electron chi connectivity index (χ0n) is 14.1. The van der Waals surface area contributed by atoms with Crippen LogP contribution < -0.4 is 14.8 Å². The van der Waals surface area contributed by atoms with Gasteiger partial charge in [0, 0.05) is 12.1 Å². The van der Waals surface area contributed by atoms with Crippen LogP contribution in [0.5, 0.6) is 11.5 Å². The van der Waals surface area contributed by atoms with E-state index in [2.05, 4.69) is 5.32 Å². The molecule has 27 heavy (non-hydrogen) atoms. The maximum Gasteiger partial charge on any atom is 0.269 e. The van der Waals surface area contributed by atoms with Crippen molar-refractivity contribution in [2.24, 2.45) is 0 Å². The van der Waals surface area contributed by atoms with Crippen LogP contribution in [0.4, 0.5) is 5.69 Å². The number of rotatable bonds is 6. The molecule has 7 nitrogen and oxygen atoms in total. The molecule has 0 bridgehead atoms. The van der Waals surface area contributed by atoms with Gasteiger partial charge in [0.15, 0.2) is 11.5 Å². The predicted molar refractivity (Wildman–Crippen MR) is 107 cm³/mol. The van der Waals surface area contributed by atoms with Crippen LogP contribution in [0.1, 0.15) is 11.1 Å². The molecule has 3 rings (SSSR count). The second-order valence-corrected chi connectivity index (χ2v) is 7.19. The molecule has 0 atom stereocenters. The van der Waals surface area contributed by atoms with Gasteiger partial charge in [-0.2, -0.15) is 0 Å². The van der Waals surface area contributed by atoms with E-state index in [1.54, 1.807) is 36.4 Å². The zero-order valence-corrected chi connectivity index (χ0v) is 15.8. The molecule has 2 aromatic rings. The van der Waals surface area contributed by atoms with Gasteiger partial charge in [-0.05, 0) is 41.5 Å². The van der Waals surface area contributed by atoms with Crippen molar-refractivity contribution >= 4 is 46.0 Å². The average molecular weight is 402 g/mol. The van der Waals surface area contributed by atoms with E-state index in [0.29, 0.717) is 20.7 Å². The van der Waals surface area contributed by atoms with Crippen LogP contribution in [-0.2, 0) is 11.4 Å². The van der Waals surface area contributed by atoms with E-state index in [1.165, 1.54) is 31.0 Å². The minimum Gasteiger partial charge on any atom is -0.493 e. The molecule has 0 aliphatic carbocycles. The lowest BCUT2D eigenvalue weighted by molar-refractivity contribution is -0.384. The number of nitro groups is 1. The highest BCUT2D eigenvalue weighted by Gasteiger charge is 2.22. The number of nitrogens with zero attached hydrogens (tertiary/aromatic N) is 1. The van der Waals surface area contributed by atoms with E-state index in [0.717, 1.165) is 11.1 Å². The highest BCUT2D eigenvalue weighted by Crippen LogP contribution is 2.32. The number of hydrogen-bond acceptors (Lipinski definition) is 7.